The van der Waals surface area contributed by atoms with Crippen LogP contribution in [0.15, 0.2) is 51.4 Å². The Balaban J connectivity index is 1.55. The zero-order valence-electron chi connectivity index (χ0n) is 11.1. The number of hydrogen-bond donors (Lipinski definition) is 0. The molecule has 0 saturated carbocycles. The Morgan fingerprint density at radius 1 is 1.00 bits per heavy atom. The molecule has 5 heteroatoms. The molecular weight excluding hydrogens is 334 g/mol. The van der Waals surface area contributed by atoms with Crippen LogP contribution in [0.2, 0.25) is 0 Å². The minimum atomic E-state index is 0.970. The fourth-order valence-electron chi connectivity index (χ4n) is 2.24. The number of piperazine rings is 1. The van der Waals surface area contributed by atoms with Crippen molar-refractivity contribution >= 4 is 39.2 Å². The molecule has 0 bridgehead atoms. The van der Waals surface area contributed by atoms with Crippen molar-refractivity contribution in [3.63, 3.8) is 0 Å². The molecule has 1 saturated heterocycles. The number of benzene rings is 1. The van der Waals surface area contributed by atoms with Crippen molar-refractivity contribution in [2.75, 3.05) is 31.1 Å². The molecular formula is C15H16BrN3S. The Bertz CT molecular complexity index is 574. The van der Waals surface area contributed by atoms with E-state index < -0.39 is 0 Å². The summed E-state index contributed by atoms with van der Waals surface area (Å²) in [5.74, 6) is 0. The summed E-state index contributed by atoms with van der Waals surface area (Å²) in [6.07, 6.45) is 1.95. The van der Waals surface area contributed by atoms with Gasteiger partial charge in [-0.3, -0.25) is 5.01 Å². The van der Waals surface area contributed by atoms with Crippen molar-refractivity contribution < 1.29 is 0 Å². The predicted molar refractivity (Wildman–Crippen MR) is 89.8 cm³/mol. The van der Waals surface area contributed by atoms with E-state index in [0.29, 0.717) is 0 Å². The molecule has 1 aliphatic heterocycles. The van der Waals surface area contributed by atoms with Gasteiger partial charge in [0.2, 0.25) is 0 Å². The van der Waals surface area contributed by atoms with Crippen molar-refractivity contribution in [2.45, 2.75) is 0 Å². The monoisotopic (exact) mass is 349 g/mol. The van der Waals surface area contributed by atoms with Crippen LogP contribution >= 0.6 is 27.3 Å². The third-order valence-corrected chi connectivity index (χ3v) is 4.88. The van der Waals surface area contributed by atoms with E-state index in [1.54, 1.807) is 11.3 Å². The SMILES string of the molecule is Brc1ccc(/C=N/N2CCN(c3ccccc3)CC2)s1. The number of para-hydroxylation sites is 1. The van der Waals surface area contributed by atoms with Crippen LogP contribution in [0.25, 0.3) is 0 Å². The smallest absolute Gasteiger partial charge is 0.0705 e. The molecule has 0 radical (unpaired) electrons. The number of thiophene rings is 1. The van der Waals surface area contributed by atoms with Gasteiger partial charge in [0, 0.05) is 23.7 Å². The Labute approximate surface area is 131 Å². The van der Waals surface area contributed by atoms with E-state index in [0.717, 1.165) is 30.0 Å². The van der Waals surface area contributed by atoms with Crippen LogP contribution in [0.4, 0.5) is 5.69 Å². The molecule has 2 heterocycles. The minimum Gasteiger partial charge on any atom is -0.368 e. The Kier molecular flexibility index (Phi) is 4.38. The first-order chi connectivity index (χ1) is 9.81. The van der Waals surface area contributed by atoms with Gasteiger partial charge in [-0.1, -0.05) is 18.2 Å². The standard InChI is InChI=1S/C15H16BrN3S/c16-15-7-6-14(20-15)12-17-19-10-8-18(9-11-19)13-4-2-1-3-5-13/h1-7,12H,8-11H2/b17-12+. The van der Waals surface area contributed by atoms with Gasteiger partial charge >= 0.3 is 0 Å². The maximum absolute atomic E-state index is 4.57. The highest BCUT2D eigenvalue weighted by Gasteiger charge is 2.15. The minimum absolute atomic E-state index is 0.970. The highest BCUT2D eigenvalue weighted by molar-refractivity contribution is 9.11. The molecule has 0 amide bonds. The molecule has 0 aliphatic carbocycles. The molecule has 0 spiro atoms. The molecule has 1 fully saturated rings. The summed E-state index contributed by atoms with van der Waals surface area (Å²) in [6, 6.07) is 14.7. The van der Waals surface area contributed by atoms with E-state index in [-0.39, 0.29) is 0 Å². The average Bonchev–Trinajstić information content (AvgIpc) is 2.92. The molecule has 1 aromatic carbocycles. The first kappa shape index (κ1) is 13.6. The van der Waals surface area contributed by atoms with Crippen molar-refractivity contribution in [1.29, 1.82) is 0 Å². The summed E-state index contributed by atoms with van der Waals surface area (Å²) in [6.45, 7) is 3.99. The number of nitrogens with zero attached hydrogens (tertiary/aromatic N) is 3. The summed E-state index contributed by atoms with van der Waals surface area (Å²) in [5.41, 5.74) is 1.30. The van der Waals surface area contributed by atoms with Gasteiger partial charge in [-0.2, -0.15) is 5.10 Å². The number of hydrazone groups is 1. The fraction of sp³-hybridized carbons (Fsp3) is 0.267. The van der Waals surface area contributed by atoms with Gasteiger partial charge in [0.25, 0.3) is 0 Å². The van der Waals surface area contributed by atoms with Crippen molar-refractivity contribution in [2.24, 2.45) is 5.10 Å². The van der Waals surface area contributed by atoms with Gasteiger partial charge in [-0.25, -0.2) is 0 Å². The quantitative estimate of drug-likeness (QED) is 0.787. The van der Waals surface area contributed by atoms with Crippen molar-refractivity contribution in [3.05, 3.63) is 51.1 Å². The van der Waals surface area contributed by atoms with E-state index in [1.165, 1.54) is 10.6 Å². The Hall–Kier alpha value is -1.33. The normalized spacial score (nSPS) is 16.1. The number of halogens is 1. The van der Waals surface area contributed by atoms with Crippen LogP contribution < -0.4 is 4.90 Å². The molecule has 20 heavy (non-hydrogen) atoms. The Morgan fingerprint density at radius 2 is 1.75 bits per heavy atom. The third kappa shape index (κ3) is 3.41. The molecule has 0 N–H and O–H groups in total. The van der Waals surface area contributed by atoms with Crippen LogP contribution in [-0.2, 0) is 0 Å². The second kappa shape index (κ2) is 6.41. The van der Waals surface area contributed by atoms with E-state index in [1.807, 2.05) is 6.21 Å². The van der Waals surface area contributed by atoms with E-state index in [4.69, 9.17) is 0 Å². The molecule has 1 aromatic heterocycles. The molecule has 1 aliphatic rings. The number of hydrogen-bond acceptors (Lipinski definition) is 4. The molecule has 2 aromatic rings. The van der Waals surface area contributed by atoms with Gasteiger partial charge in [0.1, 0.15) is 0 Å². The lowest BCUT2D eigenvalue weighted by molar-refractivity contribution is 0.272. The highest BCUT2D eigenvalue weighted by Crippen LogP contribution is 2.21. The van der Waals surface area contributed by atoms with Crippen LogP contribution in [0.5, 0.6) is 0 Å². The largest absolute Gasteiger partial charge is 0.368 e. The number of anilines is 1. The van der Waals surface area contributed by atoms with Crippen molar-refractivity contribution in [3.8, 4) is 0 Å². The summed E-state index contributed by atoms with van der Waals surface area (Å²) in [7, 11) is 0. The summed E-state index contributed by atoms with van der Waals surface area (Å²) in [4.78, 5) is 3.59. The lowest BCUT2D eigenvalue weighted by Gasteiger charge is -2.34. The van der Waals surface area contributed by atoms with E-state index >= 15 is 0 Å². The third-order valence-electron chi connectivity index (χ3n) is 3.32. The lowest BCUT2D eigenvalue weighted by atomic mass is 10.2. The van der Waals surface area contributed by atoms with Crippen LogP contribution in [0, 0.1) is 0 Å². The first-order valence-corrected chi connectivity index (χ1v) is 8.26. The Morgan fingerprint density at radius 3 is 2.40 bits per heavy atom. The van der Waals surface area contributed by atoms with Crippen molar-refractivity contribution in [1.82, 2.24) is 5.01 Å². The summed E-state index contributed by atoms with van der Waals surface area (Å²) < 4.78 is 1.15. The molecule has 3 rings (SSSR count). The van der Waals surface area contributed by atoms with Gasteiger partial charge in [-0.15, -0.1) is 11.3 Å². The van der Waals surface area contributed by atoms with Gasteiger partial charge < -0.3 is 4.90 Å². The molecule has 0 atom stereocenters. The highest BCUT2D eigenvalue weighted by atomic mass is 79.9. The van der Waals surface area contributed by atoms with Crippen LogP contribution in [0.1, 0.15) is 4.88 Å². The maximum Gasteiger partial charge on any atom is 0.0705 e. The first-order valence-electron chi connectivity index (χ1n) is 6.65. The maximum atomic E-state index is 4.57. The van der Waals surface area contributed by atoms with Gasteiger partial charge in [-0.05, 0) is 40.2 Å². The van der Waals surface area contributed by atoms with E-state index in [2.05, 4.69) is 73.4 Å². The topological polar surface area (TPSA) is 18.8 Å². The summed E-state index contributed by atoms with van der Waals surface area (Å²) >= 11 is 5.17. The zero-order chi connectivity index (χ0) is 13.8. The zero-order valence-corrected chi connectivity index (χ0v) is 13.5. The van der Waals surface area contributed by atoms with Gasteiger partial charge in [0.15, 0.2) is 0 Å². The van der Waals surface area contributed by atoms with Crippen LogP contribution in [-0.4, -0.2) is 37.4 Å². The average molecular weight is 350 g/mol. The summed E-state index contributed by atoms with van der Waals surface area (Å²) in [5, 5.41) is 6.71. The molecule has 104 valence electrons. The molecule has 3 nitrogen and oxygen atoms in total. The fourth-order valence-corrected chi connectivity index (χ4v) is 3.53. The number of rotatable bonds is 3. The van der Waals surface area contributed by atoms with Crippen LogP contribution in [0.3, 0.4) is 0 Å². The van der Waals surface area contributed by atoms with Gasteiger partial charge in [0.05, 0.1) is 23.1 Å². The predicted octanol–water partition coefficient (Wildman–Crippen LogP) is 3.67. The second-order valence-electron chi connectivity index (χ2n) is 4.66. The second-order valence-corrected chi connectivity index (χ2v) is 7.16. The lowest BCUT2D eigenvalue weighted by Crippen LogP contribution is -2.44. The van der Waals surface area contributed by atoms with E-state index in [9.17, 15) is 0 Å². The molecule has 0 unspecified atom stereocenters.